The third kappa shape index (κ3) is 4.16. The minimum Gasteiger partial charge on any atom is -0.326 e. The number of carbonyl (C=O) groups is 1. The van der Waals surface area contributed by atoms with Crippen molar-refractivity contribution in [1.29, 1.82) is 0 Å². The number of hydrogen-bond acceptors (Lipinski definition) is 3. The fourth-order valence-corrected chi connectivity index (χ4v) is 2.27. The van der Waals surface area contributed by atoms with E-state index in [1.807, 2.05) is 61.3 Å². The number of nitrogens with one attached hydrogen (secondary N) is 1. The predicted molar refractivity (Wildman–Crippen MR) is 90.3 cm³/mol. The molecule has 0 radical (unpaired) electrons. The maximum Gasteiger partial charge on any atom is 0.241 e. The molecular weight excluding hydrogens is 274 g/mol. The molecule has 0 saturated carbocycles. The highest BCUT2D eigenvalue weighted by Crippen LogP contribution is 2.15. The number of anilines is 1. The Kier molecular flexibility index (Phi) is 5.69. The maximum absolute atomic E-state index is 12.4. The summed E-state index contributed by atoms with van der Waals surface area (Å²) < 4.78 is 0. The van der Waals surface area contributed by atoms with Gasteiger partial charge < -0.3 is 11.1 Å². The van der Waals surface area contributed by atoms with Gasteiger partial charge in [-0.2, -0.15) is 0 Å². The third-order valence-corrected chi connectivity index (χ3v) is 3.81. The molecule has 1 amide bonds. The van der Waals surface area contributed by atoms with Crippen LogP contribution in [0.15, 0.2) is 54.6 Å². The SMILES string of the molecule is CC(C(=O)Nc1ccccc1CN)N(C)Cc1ccccc1. The minimum absolute atomic E-state index is 0.0284. The lowest BCUT2D eigenvalue weighted by Crippen LogP contribution is -2.39. The molecule has 0 aliphatic carbocycles. The van der Waals surface area contributed by atoms with Crippen LogP contribution in [0.2, 0.25) is 0 Å². The Balaban J connectivity index is 1.99. The van der Waals surface area contributed by atoms with E-state index in [0.29, 0.717) is 6.54 Å². The second-order valence-corrected chi connectivity index (χ2v) is 5.43. The van der Waals surface area contributed by atoms with Crippen molar-refractivity contribution in [2.24, 2.45) is 5.73 Å². The molecule has 0 fully saturated rings. The van der Waals surface area contributed by atoms with Gasteiger partial charge in [0, 0.05) is 18.8 Å². The first-order chi connectivity index (χ1) is 10.6. The summed E-state index contributed by atoms with van der Waals surface area (Å²) in [4.78, 5) is 14.4. The number of rotatable bonds is 6. The molecule has 0 spiro atoms. The summed E-state index contributed by atoms with van der Waals surface area (Å²) in [5.74, 6) is -0.0284. The van der Waals surface area contributed by atoms with Gasteiger partial charge in [-0.05, 0) is 31.2 Å². The normalized spacial score (nSPS) is 12.2. The first kappa shape index (κ1) is 16.2. The average molecular weight is 297 g/mol. The van der Waals surface area contributed by atoms with Crippen LogP contribution in [0.3, 0.4) is 0 Å². The molecule has 1 unspecified atom stereocenters. The Morgan fingerprint density at radius 1 is 1.14 bits per heavy atom. The van der Waals surface area contributed by atoms with E-state index in [-0.39, 0.29) is 11.9 Å². The van der Waals surface area contributed by atoms with Gasteiger partial charge in [-0.15, -0.1) is 0 Å². The molecule has 2 aromatic carbocycles. The first-order valence-corrected chi connectivity index (χ1v) is 7.45. The van der Waals surface area contributed by atoms with Crippen LogP contribution < -0.4 is 11.1 Å². The number of carbonyl (C=O) groups excluding carboxylic acids is 1. The van der Waals surface area contributed by atoms with Crippen molar-refractivity contribution in [1.82, 2.24) is 4.90 Å². The minimum atomic E-state index is -0.231. The zero-order valence-electron chi connectivity index (χ0n) is 13.1. The van der Waals surface area contributed by atoms with Crippen molar-refractivity contribution >= 4 is 11.6 Å². The van der Waals surface area contributed by atoms with Crippen molar-refractivity contribution in [2.45, 2.75) is 26.1 Å². The predicted octanol–water partition coefficient (Wildman–Crippen LogP) is 2.60. The van der Waals surface area contributed by atoms with Crippen molar-refractivity contribution in [3.8, 4) is 0 Å². The van der Waals surface area contributed by atoms with Crippen molar-refractivity contribution in [2.75, 3.05) is 12.4 Å². The molecule has 0 aliphatic heterocycles. The van der Waals surface area contributed by atoms with Crippen molar-refractivity contribution in [3.05, 3.63) is 65.7 Å². The first-order valence-electron chi connectivity index (χ1n) is 7.45. The molecule has 2 aromatic rings. The molecule has 116 valence electrons. The van der Waals surface area contributed by atoms with Gasteiger partial charge in [0.1, 0.15) is 0 Å². The third-order valence-electron chi connectivity index (χ3n) is 3.81. The molecule has 4 nitrogen and oxygen atoms in total. The summed E-state index contributed by atoms with van der Waals surface area (Å²) in [6.07, 6.45) is 0. The van der Waals surface area contributed by atoms with E-state index >= 15 is 0 Å². The number of benzene rings is 2. The quantitative estimate of drug-likeness (QED) is 0.861. The topological polar surface area (TPSA) is 58.4 Å². The van der Waals surface area contributed by atoms with Gasteiger partial charge >= 0.3 is 0 Å². The molecule has 4 heteroatoms. The van der Waals surface area contributed by atoms with Crippen LogP contribution in [0, 0.1) is 0 Å². The molecule has 1 atom stereocenters. The monoisotopic (exact) mass is 297 g/mol. The molecule has 0 aromatic heterocycles. The Morgan fingerprint density at radius 2 is 1.77 bits per heavy atom. The summed E-state index contributed by atoms with van der Waals surface area (Å²) in [7, 11) is 1.95. The van der Waals surface area contributed by atoms with Gasteiger partial charge in [0.15, 0.2) is 0 Å². The van der Waals surface area contributed by atoms with Crippen LogP contribution in [0.5, 0.6) is 0 Å². The number of nitrogens with two attached hydrogens (primary N) is 1. The largest absolute Gasteiger partial charge is 0.326 e. The highest BCUT2D eigenvalue weighted by atomic mass is 16.2. The fourth-order valence-electron chi connectivity index (χ4n) is 2.27. The number of para-hydroxylation sites is 1. The number of likely N-dealkylation sites (N-methyl/N-ethyl adjacent to an activating group) is 1. The van der Waals surface area contributed by atoms with E-state index in [1.165, 1.54) is 5.56 Å². The Hall–Kier alpha value is -2.17. The van der Waals surface area contributed by atoms with Crippen LogP contribution in [-0.2, 0) is 17.9 Å². The van der Waals surface area contributed by atoms with E-state index in [9.17, 15) is 4.79 Å². The van der Waals surface area contributed by atoms with Crippen LogP contribution in [0.4, 0.5) is 5.69 Å². The molecular formula is C18H23N3O. The lowest BCUT2D eigenvalue weighted by molar-refractivity contribution is -0.120. The van der Waals surface area contributed by atoms with E-state index in [4.69, 9.17) is 5.73 Å². The Morgan fingerprint density at radius 3 is 2.45 bits per heavy atom. The summed E-state index contributed by atoms with van der Waals surface area (Å²) in [5, 5.41) is 2.97. The average Bonchev–Trinajstić information content (AvgIpc) is 2.55. The van der Waals surface area contributed by atoms with Gasteiger partial charge in [-0.1, -0.05) is 48.5 Å². The van der Waals surface area contributed by atoms with Crippen molar-refractivity contribution < 1.29 is 4.79 Å². The van der Waals surface area contributed by atoms with Crippen LogP contribution in [0.25, 0.3) is 0 Å². The number of amides is 1. The van der Waals surface area contributed by atoms with Crippen LogP contribution >= 0.6 is 0 Å². The lowest BCUT2D eigenvalue weighted by Gasteiger charge is -2.24. The standard InChI is InChI=1S/C18H23N3O/c1-14(21(2)13-15-8-4-3-5-9-15)18(22)20-17-11-7-6-10-16(17)12-19/h3-11,14H,12-13,19H2,1-2H3,(H,20,22). The Labute approximate surface area is 131 Å². The Bertz CT molecular complexity index is 613. The van der Waals surface area contributed by atoms with Gasteiger partial charge in [-0.25, -0.2) is 0 Å². The van der Waals surface area contributed by atoms with Crippen LogP contribution in [0.1, 0.15) is 18.1 Å². The second-order valence-electron chi connectivity index (χ2n) is 5.43. The molecule has 3 N–H and O–H groups in total. The maximum atomic E-state index is 12.4. The number of hydrogen-bond donors (Lipinski definition) is 2. The summed E-state index contributed by atoms with van der Waals surface area (Å²) in [6, 6.07) is 17.5. The summed E-state index contributed by atoms with van der Waals surface area (Å²) in [5.41, 5.74) is 8.62. The molecule has 0 heterocycles. The second kappa shape index (κ2) is 7.73. The van der Waals surface area contributed by atoms with Gasteiger partial charge in [0.2, 0.25) is 5.91 Å². The highest BCUT2D eigenvalue weighted by Gasteiger charge is 2.18. The van der Waals surface area contributed by atoms with Gasteiger partial charge in [0.05, 0.1) is 6.04 Å². The smallest absolute Gasteiger partial charge is 0.241 e. The van der Waals surface area contributed by atoms with Gasteiger partial charge in [-0.3, -0.25) is 9.69 Å². The molecule has 0 aliphatic rings. The highest BCUT2D eigenvalue weighted by molar-refractivity contribution is 5.95. The lowest BCUT2D eigenvalue weighted by atomic mass is 10.1. The van der Waals surface area contributed by atoms with E-state index < -0.39 is 0 Å². The summed E-state index contributed by atoms with van der Waals surface area (Å²) >= 11 is 0. The molecule has 22 heavy (non-hydrogen) atoms. The van der Waals surface area contributed by atoms with E-state index in [2.05, 4.69) is 17.4 Å². The summed E-state index contributed by atoms with van der Waals surface area (Å²) in [6.45, 7) is 3.04. The van der Waals surface area contributed by atoms with Crippen molar-refractivity contribution in [3.63, 3.8) is 0 Å². The number of nitrogens with zero attached hydrogens (tertiary/aromatic N) is 1. The van der Waals surface area contributed by atoms with Gasteiger partial charge in [0.25, 0.3) is 0 Å². The zero-order chi connectivity index (χ0) is 15.9. The van der Waals surface area contributed by atoms with E-state index in [0.717, 1.165) is 17.8 Å². The molecule has 2 rings (SSSR count). The molecule has 0 bridgehead atoms. The fraction of sp³-hybridized carbons (Fsp3) is 0.278. The molecule has 0 saturated heterocycles. The zero-order valence-corrected chi connectivity index (χ0v) is 13.1. The van der Waals surface area contributed by atoms with Crippen LogP contribution in [-0.4, -0.2) is 23.9 Å². The van der Waals surface area contributed by atoms with E-state index in [1.54, 1.807) is 0 Å².